The molecule has 0 aliphatic carbocycles. The minimum atomic E-state index is -0.745. The van der Waals surface area contributed by atoms with Gasteiger partial charge in [0.05, 0.1) is 22.7 Å². The van der Waals surface area contributed by atoms with Crippen LogP contribution in [0.2, 0.25) is 15.1 Å². The van der Waals surface area contributed by atoms with E-state index in [1.165, 1.54) is 4.68 Å². The molecule has 0 saturated carbocycles. The number of anilines is 2. The Kier molecular flexibility index (Phi) is 5.02. The Balaban J connectivity index is 1.53. The molecule has 28 heavy (non-hydrogen) atoms. The van der Waals surface area contributed by atoms with Crippen molar-refractivity contribution in [3.05, 3.63) is 63.7 Å². The lowest BCUT2D eigenvalue weighted by Crippen LogP contribution is -2.23. The molecule has 6 nitrogen and oxygen atoms in total. The van der Waals surface area contributed by atoms with Crippen LogP contribution in [0, 0.1) is 0 Å². The standard InChI is InChI=1S/C19H13Cl3N4O2/c20-11-3-1-2-10(6-11)13-9-23-26-16(19(28)25-18(13)26)8-17(27)24-12-4-5-14(21)15(22)7-12/h1-7,9,16H,8H2,(H,24,27)(H,25,28). The molecule has 4 rings (SSSR count). The maximum atomic E-state index is 12.4. The van der Waals surface area contributed by atoms with Crippen LogP contribution >= 0.6 is 34.8 Å². The van der Waals surface area contributed by atoms with E-state index in [0.29, 0.717) is 26.6 Å². The first-order chi connectivity index (χ1) is 13.4. The second kappa shape index (κ2) is 7.47. The highest BCUT2D eigenvalue weighted by atomic mass is 35.5. The fourth-order valence-electron chi connectivity index (χ4n) is 3.04. The smallest absolute Gasteiger partial charge is 0.251 e. The van der Waals surface area contributed by atoms with Crippen molar-refractivity contribution in [2.24, 2.45) is 0 Å². The molecule has 1 aliphatic heterocycles. The summed E-state index contributed by atoms with van der Waals surface area (Å²) in [5.74, 6) is -0.0959. The van der Waals surface area contributed by atoms with Crippen LogP contribution in [0.1, 0.15) is 12.5 Å². The van der Waals surface area contributed by atoms with Gasteiger partial charge < -0.3 is 10.6 Å². The molecule has 1 atom stereocenters. The molecule has 0 spiro atoms. The molecule has 0 fully saturated rings. The van der Waals surface area contributed by atoms with Gasteiger partial charge in [0.1, 0.15) is 11.9 Å². The Hall–Kier alpha value is -2.54. The van der Waals surface area contributed by atoms with Crippen LogP contribution in [-0.4, -0.2) is 21.6 Å². The van der Waals surface area contributed by atoms with Crippen molar-refractivity contribution in [1.29, 1.82) is 0 Å². The number of nitrogens with one attached hydrogen (secondary N) is 2. The molecular formula is C19H13Cl3N4O2. The fraction of sp³-hybridized carbons (Fsp3) is 0.105. The van der Waals surface area contributed by atoms with Crippen LogP contribution in [0.5, 0.6) is 0 Å². The van der Waals surface area contributed by atoms with Crippen molar-refractivity contribution in [2.75, 3.05) is 10.6 Å². The summed E-state index contributed by atoms with van der Waals surface area (Å²) in [4.78, 5) is 24.8. The summed E-state index contributed by atoms with van der Waals surface area (Å²) in [5.41, 5.74) is 2.07. The first-order valence-electron chi connectivity index (χ1n) is 8.31. The van der Waals surface area contributed by atoms with Crippen molar-refractivity contribution >= 4 is 58.1 Å². The molecule has 2 N–H and O–H groups in total. The molecular weight excluding hydrogens is 423 g/mol. The van der Waals surface area contributed by atoms with E-state index in [9.17, 15) is 9.59 Å². The molecule has 1 aliphatic rings. The number of hydrogen-bond acceptors (Lipinski definition) is 3. The predicted molar refractivity (Wildman–Crippen MR) is 110 cm³/mol. The van der Waals surface area contributed by atoms with E-state index in [0.717, 1.165) is 11.1 Å². The number of nitrogens with zero attached hydrogens (tertiary/aromatic N) is 2. The zero-order valence-corrected chi connectivity index (χ0v) is 16.5. The highest BCUT2D eigenvalue weighted by molar-refractivity contribution is 6.42. The van der Waals surface area contributed by atoms with Gasteiger partial charge in [0, 0.05) is 16.3 Å². The summed E-state index contributed by atoms with van der Waals surface area (Å²) < 4.78 is 1.52. The monoisotopic (exact) mass is 434 g/mol. The van der Waals surface area contributed by atoms with Gasteiger partial charge in [-0.3, -0.25) is 9.59 Å². The summed E-state index contributed by atoms with van der Waals surface area (Å²) in [6.07, 6.45) is 1.57. The minimum Gasteiger partial charge on any atom is -0.326 e. The topological polar surface area (TPSA) is 76.0 Å². The summed E-state index contributed by atoms with van der Waals surface area (Å²) in [6.45, 7) is 0. The Morgan fingerprint density at radius 3 is 2.71 bits per heavy atom. The maximum Gasteiger partial charge on any atom is 0.251 e. The van der Waals surface area contributed by atoms with E-state index in [2.05, 4.69) is 15.7 Å². The molecule has 1 unspecified atom stereocenters. The zero-order chi connectivity index (χ0) is 19.8. The molecule has 2 heterocycles. The second-order valence-electron chi connectivity index (χ2n) is 6.25. The van der Waals surface area contributed by atoms with Gasteiger partial charge in [-0.15, -0.1) is 0 Å². The molecule has 9 heteroatoms. The number of benzene rings is 2. The fourth-order valence-corrected chi connectivity index (χ4v) is 3.53. The normalized spacial score (nSPS) is 15.2. The van der Waals surface area contributed by atoms with Crippen molar-refractivity contribution in [1.82, 2.24) is 9.78 Å². The molecule has 0 bridgehead atoms. The number of carbonyl (C=O) groups is 2. The minimum absolute atomic E-state index is 0.0737. The van der Waals surface area contributed by atoms with Crippen LogP contribution < -0.4 is 10.6 Å². The SMILES string of the molecule is O=C(CC1C(=O)Nc2c(-c3cccc(Cl)c3)cnn21)Nc1ccc(Cl)c(Cl)c1. The van der Waals surface area contributed by atoms with Crippen molar-refractivity contribution < 1.29 is 9.59 Å². The third-order valence-corrected chi connectivity index (χ3v) is 5.33. The number of fused-ring (bicyclic) bond motifs is 1. The van der Waals surface area contributed by atoms with Crippen molar-refractivity contribution in [3.63, 3.8) is 0 Å². The van der Waals surface area contributed by atoms with E-state index >= 15 is 0 Å². The predicted octanol–water partition coefficient (Wildman–Crippen LogP) is 5.03. The molecule has 0 radical (unpaired) electrons. The van der Waals surface area contributed by atoms with Gasteiger partial charge in [-0.05, 0) is 35.9 Å². The number of halogens is 3. The van der Waals surface area contributed by atoms with Crippen LogP contribution in [0.3, 0.4) is 0 Å². The van der Waals surface area contributed by atoms with E-state index < -0.39 is 6.04 Å². The van der Waals surface area contributed by atoms with Gasteiger partial charge in [-0.2, -0.15) is 5.10 Å². The Bertz CT molecular complexity index is 1100. The molecule has 1 aromatic heterocycles. The third kappa shape index (κ3) is 3.58. The lowest BCUT2D eigenvalue weighted by molar-refractivity contribution is -0.123. The zero-order valence-electron chi connectivity index (χ0n) is 14.2. The maximum absolute atomic E-state index is 12.4. The Labute approximate surface area is 175 Å². The molecule has 2 aromatic carbocycles. The van der Waals surface area contributed by atoms with Crippen molar-refractivity contribution in [2.45, 2.75) is 12.5 Å². The van der Waals surface area contributed by atoms with E-state index in [4.69, 9.17) is 34.8 Å². The van der Waals surface area contributed by atoms with E-state index in [1.807, 2.05) is 12.1 Å². The lowest BCUT2D eigenvalue weighted by Gasteiger charge is -2.10. The number of amides is 2. The Morgan fingerprint density at radius 2 is 1.96 bits per heavy atom. The van der Waals surface area contributed by atoms with Crippen LogP contribution in [-0.2, 0) is 9.59 Å². The quantitative estimate of drug-likeness (QED) is 0.603. The Morgan fingerprint density at radius 1 is 1.14 bits per heavy atom. The van der Waals surface area contributed by atoms with Gasteiger partial charge in [-0.25, -0.2) is 4.68 Å². The van der Waals surface area contributed by atoms with Crippen LogP contribution in [0.25, 0.3) is 11.1 Å². The molecule has 2 amide bonds. The summed E-state index contributed by atoms with van der Waals surface area (Å²) in [7, 11) is 0. The van der Waals surface area contributed by atoms with Gasteiger partial charge in [-0.1, -0.05) is 46.9 Å². The first-order valence-corrected chi connectivity index (χ1v) is 9.45. The van der Waals surface area contributed by atoms with E-state index in [1.54, 1.807) is 36.5 Å². The highest BCUT2D eigenvalue weighted by Crippen LogP contribution is 2.36. The number of rotatable bonds is 4. The average molecular weight is 436 g/mol. The van der Waals surface area contributed by atoms with Gasteiger partial charge >= 0.3 is 0 Å². The number of aromatic nitrogens is 2. The highest BCUT2D eigenvalue weighted by Gasteiger charge is 2.35. The third-order valence-electron chi connectivity index (χ3n) is 4.35. The van der Waals surface area contributed by atoms with Gasteiger partial charge in [0.15, 0.2) is 0 Å². The summed E-state index contributed by atoms with van der Waals surface area (Å²) in [5, 5.41) is 11.1. The van der Waals surface area contributed by atoms with Gasteiger partial charge in [0.2, 0.25) is 5.91 Å². The molecule has 142 valence electrons. The van der Waals surface area contributed by atoms with Crippen molar-refractivity contribution in [3.8, 4) is 11.1 Å². The van der Waals surface area contributed by atoms with E-state index in [-0.39, 0.29) is 18.2 Å². The first kappa shape index (κ1) is 18.8. The largest absolute Gasteiger partial charge is 0.326 e. The summed E-state index contributed by atoms with van der Waals surface area (Å²) >= 11 is 17.9. The number of carbonyl (C=O) groups excluding carboxylic acids is 2. The molecule has 3 aromatic rings. The average Bonchev–Trinajstić information content (AvgIpc) is 3.18. The second-order valence-corrected chi connectivity index (χ2v) is 7.50. The number of hydrogen-bond donors (Lipinski definition) is 2. The van der Waals surface area contributed by atoms with Crippen LogP contribution in [0.4, 0.5) is 11.5 Å². The molecule has 0 saturated heterocycles. The van der Waals surface area contributed by atoms with Crippen LogP contribution in [0.15, 0.2) is 48.7 Å². The lowest BCUT2D eigenvalue weighted by atomic mass is 10.1. The van der Waals surface area contributed by atoms with Gasteiger partial charge in [0.25, 0.3) is 5.91 Å². The summed E-state index contributed by atoms with van der Waals surface area (Å²) in [6, 6.07) is 11.3.